The Morgan fingerprint density at radius 3 is 2.30 bits per heavy atom. The Bertz CT molecular complexity index is 620. The molecule has 3 heteroatoms. The van der Waals surface area contributed by atoms with Gasteiger partial charge in [0, 0.05) is 12.2 Å². The van der Waals surface area contributed by atoms with Crippen LogP contribution in [0.2, 0.25) is 0 Å². The van der Waals surface area contributed by atoms with E-state index in [2.05, 4.69) is 38.2 Å². The normalized spacial score (nSPS) is 12.3. The molecular weight excluding hydrogens is 286 g/mol. The Hall–Kier alpha value is -2.00. The molecule has 124 valence electrons. The molecule has 0 aliphatic carbocycles. The lowest BCUT2D eigenvalue weighted by atomic mass is 10.0. The van der Waals surface area contributed by atoms with Gasteiger partial charge in [0.05, 0.1) is 0 Å². The highest BCUT2D eigenvalue weighted by atomic mass is 16.5. The summed E-state index contributed by atoms with van der Waals surface area (Å²) in [5, 5.41) is 13.4. The third-order valence-corrected chi connectivity index (χ3v) is 3.82. The molecule has 0 saturated heterocycles. The zero-order valence-electron chi connectivity index (χ0n) is 14.5. The molecule has 0 bridgehead atoms. The fourth-order valence-corrected chi connectivity index (χ4v) is 2.40. The number of anilines is 1. The van der Waals surface area contributed by atoms with Gasteiger partial charge in [-0.1, -0.05) is 43.7 Å². The maximum absolute atomic E-state index is 10.1. The molecule has 2 aromatic carbocycles. The van der Waals surface area contributed by atoms with Gasteiger partial charge in [0.25, 0.3) is 0 Å². The third kappa shape index (κ3) is 5.29. The lowest BCUT2D eigenvalue weighted by molar-refractivity contribution is 0.117. The monoisotopic (exact) mass is 313 g/mol. The Morgan fingerprint density at radius 1 is 1.00 bits per heavy atom. The van der Waals surface area contributed by atoms with E-state index >= 15 is 0 Å². The number of ether oxygens (including phenoxy) is 1. The van der Waals surface area contributed by atoms with Gasteiger partial charge in [0.1, 0.15) is 18.5 Å². The predicted molar refractivity (Wildman–Crippen MR) is 96.4 cm³/mol. The van der Waals surface area contributed by atoms with Gasteiger partial charge in [-0.05, 0) is 49.1 Å². The van der Waals surface area contributed by atoms with Crippen LogP contribution in [0.3, 0.4) is 0 Å². The van der Waals surface area contributed by atoms with E-state index < -0.39 is 6.10 Å². The van der Waals surface area contributed by atoms with E-state index in [4.69, 9.17) is 4.74 Å². The molecule has 2 N–H and O–H groups in total. The zero-order chi connectivity index (χ0) is 16.8. The molecule has 23 heavy (non-hydrogen) atoms. The van der Waals surface area contributed by atoms with Crippen LogP contribution in [0.25, 0.3) is 0 Å². The number of nitrogens with one attached hydrogen (secondary N) is 1. The molecule has 0 amide bonds. The summed E-state index contributed by atoms with van der Waals surface area (Å²) in [4.78, 5) is 0. The van der Waals surface area contributed by atoms with Crippen LogP contribution in [-0.2, 0) is 0 Å². The van der Waals surface area contributed by atoms with Gasteiger partial charge >= 0.3 is 0 Å². The Labute approximate surface area is 139 Å². The number of benzene rings is 2. The van der Waals surface area contributed by atoms with Crippen LogP contribution in [0, 0.1) is 13.8 Å². The summed E-state index contributed by atoms with van der Waals surface area (Å²) in [5.41, 5.74) is 4.57. The molecule has 0 aliphatic heterocycles. The van der Waals surface area contributed by atoms with Crippen molar-refractivity contribution in [2.75, 3.05) is 18.5 Å². The molecule has 1 atom stereocenters. The molecule has 0 fully saturated rings. The second kappa shape index (κ2) is 8.02. The third-order valence-electron chi connectivity index (χ3n) is 3.82. The van der Waals surface area contributed by atoms with Gasteiger partial charge in [0.15, 0.2) is 0 Å². The fourth-order valence-electron chi connectivity index (χ4n) is 2.40. The Morgan fingerprint density at radius 2 is 1.65 bits per heavy atom. The topological polar surface area (TPSA) is 41.5 Å². The first-order valence-electron chi connectivity index (χ1n) is 8.17. The second-order valence-corrected chi connectivity index (χ2v) is 6.41. The molecule has 0 aliphatic rings. The summed E-state index contributed by atoms with van der Waals surface area (Å²) in [6, 6.07) is 14.4. The minimum atomic E-state index is -0.558. The summed E-state index contributed by atoms with van der Waals surface area (Å²) in [5.74, 6) is 1.27. The van der Waals surface area contributed by atoms with Crippen molar-refractivity contribution in [1.82, 2.24) is 0 Å². The van der Waals surface area contributed by atoms with Crippen molar-refractivity contribution in [2.45, 2.75) is 39.7 Å². The van der Waals surface area contributed by atoms with E-state index in [-0.39, 0.29) is 6.61 Å². The largest absolute Gasteiger partial charge is 0.491 e. The van der Waals surface area contributed by atoms with Gasteiger partial charge in [-0.25, -0.2) is 0 Å². The van der Waals surface area contributed by atoms with E-state index in [0.717, 1.165) is 17.0 Å². The van der Waals surface area contributed by atoms with E-state index in [1.54, 1.807) is 0 Å². The van der Waals surface area contributed by atoms with Crippen LogP contribution in [0.4, 0.5) is 5.69 Å². The summed E-state index contributed by atoms with van der Waals surface area (Å²) >= 11 is 0. The molecule has 0 radical (unpaired) electrons. The SMILES string of the molecule is Cc1ccc(NCC(O)COc2cc(C)ccc2C(C)C)cc1. The van der Waals surface area contributed by atoms with Gasteiger partial charge < -0.3 is 15.2 Å². The highest BCUT2D eigenvalue weighted by Crippen LogP contribution is 2.27. The van der Waals surface area contributed by atoms with Crippen molar-refractivity contribution in [3.63, 3.8) is 0 Å². The summed E-state index contributed by atoms with van der Waals surface area (Å²) < 4.78 is 5.86. The number of aryl methyl sites for hydroxylation is 2. The average molecular weight is 313 g/mol. The fraction of sp³-hybridized carbons (Fsp3) is 0.400. The number of hydrogen-bond acceptors (Lipinski definition) is 3. The maximum atomic E-state index is 10.1. The Balaban J connectivity index is 1.88. The van der Waals surface area contributed by atoms with Crippen LogP contribution >= 0.6 is 0 Å². The summed E-state index contributed by atoms with van der Waals surface area (Å²) in [6.45, 7) is 9.14. The van der Waals surface area contributed by atoms with Crippen LogP contribution in [0.5, 0.6) is 5.75 Å². The van der Waals surface area contributed by atoms with Crippen molar-refractivity contribution < 1.29 is 9.84 Å². The molecule has 0 saturated carbocycles. The van der Waals surface area contributed by atoms with Crippen molar-refractivity contribution in [2.24, 2.45) is 0 Å². The first-order chi connectivity index (χ1) is 11.0. The zero-order valence-corrected chi connectivity index (χ0v) is 14.5. The van der Waals surface area contributed by atoms with Crippen LogP contribution < -0.4 is 10.1 Å². The predicted octanol–water partition coefficient (Wildman–Crippen LogP) is 4.28. The van der Waals surface area contributed by atoms with Crippen molar-refractivity contribution in [1.29, 1.82) is 0 Å². The minimum Gasteiger partial charge on any atom is -0.491 e. The quantitative estimate of drug-likeness (QED) is 0.801. The molecule has 3 nitrogen and oxygen atoms in total. The standard InChI is InChI=1S/C20H27NO2/c1-14(2)19-10-7-16(4)11-20(19)23-13-18(22)12-21-17-8-5-15(3)6-9-17/h5-11,14,18,21-22H,12-13H2,1-4H3. The van der Waals surface area contributed by atoms with E-state index in [1.807, 2.05) is 37.3 Å². The van der Waals surface area contributed by atoms with Gasteiger partial charge in [0.2, 0.25) is 0 Å². The maximum Gasteiger partial charge on any atom is 0.123 e. The van der Waals surface area contributed by atoms with Gasteiger partial charge in [-0.3, -0.25) is 0 Å². The number of rotatable bonds is 7. The minimum absolute atomic E-state index is 0.280. The van der Waals surface area contributed by atoms with Crippen LogP contribution in [-0.4, -0.2) is 24.4 Å². The highest BCUT2D eigenvalue weighted by Gasteiger charge is 2.11. The lowest BCUT2D eigenvalue weighted by Gasteiger charge is -2.18. The summed E-state index contributed by atoms with van der Waals surface area (Å²) in [6.07, 6.45) is -0.558. The van der Waals surface area contributed by atoms with Crippen molar-refractivity contribution in [3.8, 4) is 5.75 Å². The van der Waals surface area contributed by atoms with E-state index in [1.165, 1.54) is 11.1 Å². The first-order valence-corrected chi connectivity index (χ1v) is 8.17. The smallest absolute Gasteiger partial charge is 0.123 e. The van der Waals surface area contributed by atoms with E-state index in [0.29, 0.717) is 12.5 Å². The lowest BCUT2D eigenvalue weighted by Crippen LogP contribution is -2.26. The first kappa shape index (κ1) is 17.4. The molecule has 0 heterocycles. The molecule has 1 unspecified atom stereocenters. The van der Waals surface area contributed by atoms with Gasteiger partial charge in [-0.15, -0.1) is 0 Å². The van der Waals surface area contributed by atoms with Crippen molar-refractivity contribution >= 4 is 5.69 Å². The summed E-state index contributed by atoms with van der Waals surface area (Å²) in [7, 11) is 0. The average Bonchev–Trinajstić information content (AvgIpc) is 2.52. The molecule has 0 aromatic heterocycles. The molecule has 0 spiro atoms. The number of hydrogen-bond donors (Lipinski definition) is 2. The molecule has 2 rings (SSSR count). The highest BCUT2D eigenvalue weighted by molar-refractivity contribution is 5.44. The number of aliphatic hydroxyl groups excluding tert-OH is 1. The van der Waals surface area contributed by atoms with E-state index in [9.17, 15) is 5.11 Å². The molecule has 2 aromatic rings. The van der Waals surface area contributed by atoms with Crippen LogP contribution in [0.15, 0.2) is 42.5 Å². The van der Waals surface area contributed by atoms with Gasteiger partial charge in [-0.2, -0.15) is 0 Å². The van der Waals surface area contributed by atoms with Crippen LogP contribution in [0.1, 0.15) is 36.5 Å². The Kier molecular flexibility index (Phi) is 6.05. The second-order valence-electron chi connectivity index (χ2n) is 6.41. The van der Waals surface area contributed by atoms with Crippen molar-refractivity contribution in [3.05, 3.63) is 59.2 Å². The molecular formula is C20H27NO2. The number of aliphatic hydroxyl groups is 1.